The van der Waals surface area contributed by atoms with Crippen molar-refractivity contribution in [2.75, 3.05) is 30.4 Å². The average Bonchev–Trinajstić information content (AvgIpc) is 2.33. The van der Waals surface area contributed by atoms with Crippen LogP contribution in [0.1, 0.15) is 22.3 Å². The summed E-state index contributed by atoms with van der Waals surface area (Å²) in [5, 5.41) is 11.5. The molecule has 0 atom stereocenters. The van der Waals surface area contributed by atoms with Crippen LogP contribution in [0.2, 0.25) is 0 Å². The first-order valence-corrected chi connectivity index (χ1v) is 7.13. The topological polar surface area (TPSA) is 75.4 Å². The lowest BCUT2D eigenvalue weighted by atomic mass is 10.1. The fraction of sp³-hybridized carbons (Fsp3) is 0.462. The van der Waals surface area contributed by atoms with Gasteiger partial charge in [0.1, 0.15) is 0 Å². The van der Waals surface area contributed by atoms with Gasteiger partial charge in [0.2, 0.25) is 0 Å². The SMILES string of the molecule is Cc1cc(N)ccc1C(=O)NCCSCCCO. The van der Waals surface area contributed by atoms with Crippen molar-refractivity contribution in [3.63, 3.8) is 0 Å². The summed E-state index contributed by atoms with van der Waals surface area (Å²) >= 11 is 1.73. The van der Waals surface area contributed by atoms with Crippen molar-refractivity contribution in [2.45, 2.75) is 13.3 Å². The minimum Gasteiger partial charge on any atom is -0.399 e. The minimum absolute atomic E-state index is 0.0599. The number of amides is 1. The number of nitrogen functional groups attached to an aromatic ring is 1. The fourth-order valence-electron chi connectivity index (χ4n) is 1.54. The zero-order chi connectivity index (χ0) is 13.4. The molecule has 1 aromatic carbocycles. The van der Waals surface area contributed by atoms with Crippen LogP contribution in [0.25, 0.3) is 0 Å². The van der Waals surface area contributed by atoms with Crippen molar-refractivity contribution in [1.29, 1.82) is 0 Å². The van der Waals surface area contributed by atoms with Crippen molar-refractivity contribution in [2.24, 2.45) is 0 Å². The van der Waals surface area contributed by atoms with Crippen LogP contribution in [0.15, 0.2) is 18.2 Å². The van der Waals surface area contributed by atoms with Gasteiger partial charge in [-0.3, -0.25) is 4.79 Å². The van der Waals surface area contributed by atoms with Crippen LogP contribution in [0.5, 0.6) is 0 Å². The third-order valence-corrected chi connectivity index (χ3v) is 3.54. The number of carbonyl (C=O) groups excluding carboxylic acids is 1. The number of benzene rings is 1. The van der Waals surface area contributed by atoms with Gasteiger partial charge < -0.3 is 16.2 Å². The highest BCUT2D eigenvalue weighted by atomic mass is 32.2. The normalized spacial score (nSPS) is 10.3. The van der Waals surface area contributed by atoms with Gasteiger partial charge in [-0.15, -0.1) is 0 Å². The van der Waals surface area contributed by atoms with Gasteiger partial charge in [-0.1, -0.05) is 0 Å². The number of aliphatic hydroxyl groups is 1. The summed E-state index contributed by atoms with van der Waals surface area (Å²) in [4.78, 5) is 11.9. The second kappa shape index (κ2) is 8.00. The Bertz CT molecular complexity index is 397. The van der Waals surface area contributed by atoms with Gasteiger partial charge >= 0.3 is 0 Å². The van der Waals surface area contributed by atoms with Crippen molar-refractivity contribution < 1.29 is 9.90 Å². The number of anilines is 1. The van der Waals surface area contributed by atoms with E-state index in [4.69, 9.17) is 10.8 Å². The van der Waals surface area contributed by atoms with Crippen molar-refractivity contribution >= 4 is 23.4 Å². The predicted molar refractivity (Wildman–Crippen MR) is 77.0 cm³/mol. The Kier molecular flexibility index (Phi) is 6.60. The number of rotatable bonds is 7. The van der Waals surface area contributed by atoms with Crippen molar-refractivity contribution in [1.82, 2.24) is 5.32 Å². The third-order valence-electron chi connectivity index (χ3n) is 2.47. The molecule has 0 unspecified atom stereocenters. The Morgan fingerprint density at radius 2 is 2.22 bits per heavy atom. The Morgan fingerprint density at radius 1 is 1.44 bits per heavy atom. The predicted octanol–water partition coefficient (Wildman–Crippen LogP) is 1.42. The lowest BCUT2D eigenvalue weighted by Crippen LogP contribution is -2.26. The second-order valence-corrected chi connectivity index (χ2v) is 5.24. The molecule has 0 fully saturated rings. The first kappa shape index (κ1) is 14.9. The first-order valence-electron chi connectivity index (χ1n) is 5.98. The van der Waals surface area contributed by atoms with Gasteiger partial charge in [0, 0.05) is 30.2 Å². The van der Waals surface area contributed by atoms with E-state index in [2.05, 4.69) is 5.32 Å². The number of thioether (sulfide) groups is 1. The number of nitrogens with one attached hydrogen (secondary N) is 1. The number of nitrogens with two attached hydrogens (primary N) is 1. The largest absolute Gasteiger partial charge is 0.399 e. The van der Waals surface area contributed by atoms with Gasteiger partial charge in [0.05, 0.1) is 0 Å². The van der Waals surface area contributed by atoms with Crippen LogP contribution in [0.4, 0.5) is 5.69 Å². The summed E-state index contributed by atoms with van der Waals surface area (Å²) in [7, 11) is 0. The van der Waals surface area contributed by atoms with E-state index < -0.39 is 0 Å². The maximum absolute atomic E-state index is 11.9. The van der Waals surface area contributed by atoms with Crippen molar-refractivity contribution in [3.05, 3.63) is 29.3 Å². The molecule has 4 N–H and O–H groups in total. The molecule has 1 rings (SSSR count). The summed E-state index contributed by atoms with van der Waals surface area (Å²) in [6.45, 7) is 2.74. The van der Waals surface area contributed by atoms with E-state index in [0.717, 1.165) is 23.5 Å². The van der Waals surface area contributed by atoms with Crippen LogP contribution in [-0.4, -0.2) is 35.7 Å². The fourth-order valence-corrected chi connectivity index (χ4v) is 2.33. The molecular formula is C13H20N2O2S. The highest BCUT2D eigenvalue weighted by molar-refractivity contribution is 7.99. The molecule has 4 nitrogen and oxygen atoms in total. The molecule has 100 valence electrons. The molecule has 0 saturated carbocycles. The minimum atomic E-state index is -0.0599. The standard InChI is InChI=1S/C13H20N2O2S/c1-10-9-11(14)3-4-12(10)13(17)15-5-8-18-7-2-6-16/h3-4,9,16H,2,5-8,14H2,1H3,(H,15,17). The number of hydrogen-bond acceptors (Lipinski definition) is 4. The quantitative estimate of drug-likeness (QED) is 0.516. The highest BCUT2D eigenvalue weighted by Crippen LogP contribution is 2.12. The molecule has 1 aromatic rings. The maximum Gasteiger partial charge on any atom is 0.251 e. The molecule has 0 aliphatic heterocycles. The van der Waals surface area contributed by atoms with E-state index in [1.807, 2.05) is 6.92 Å². The third kappa shape index (κ3) is 4.98. The van der Waals surface area contributed by atoms with E-state index in [1.165, 1.54) is 0 Å². The van der Waals surface area contributed by atoms with Crippen LogP contribution in [0.3, 0.4) is 0 Å². The van der Waals surface area contributed by atoms with E-state index >= 15 is 0 Å². The average molecular weight is 268 g/mol. The smallest absolute Gasteiger partial charge is 0.251 e. The van der Waals surface area contributed by atoms with Crippen LogP contribution in [0, 0.1) is 6.92 Å². The van der Waals surface area contributed by atoms with Crippen LogP contribution < -0.4 is 11.1 Å². The van der Waals surface area contributed by atoms with E-state index in [-0.39, 0.29) is 12.5 Å². The molecule has 1 amide bonds. The maximum atomic E-state index is 11.9. The van der Waals surface area contributed by atoms with Gasteiger partial charge in [-0.05, 0) is 42.9 Å². The Labute approximate surface area is 112 Å². The van der Waals surface area contributed by atoms with Gasteiger partial charge in [-0.2, -0.15) is 11.8 Å². The number of aliphatic hydroxyl groups excluding tert-OH is 1. The summed E-state index contributed by atoms with van der Waals surface area (Å²) in [6, 6.07) is 5.28. The molecule has 0 radical (unpaired) electrons. The molecule has 0 spiro atoms. The van der Waals surface area contributed by atoms with Crippen molar-refractivity contribution in [3.8, 4) is 0 Å². The number of carbonyl (C=O) groups is 1. The van der Waals surface area contributed by atoms with Gasteiger partial charge in [0.15, 0.2) is 0 Å². The highest BCUT2D eigenvalue weighted by Gasteiger charge is 2.07. The van der Waals surface area contributed by atoms with E-state index in [9.17, 15) is 4.79 Å². The van der Waals surface area contributed by atoms with Gasteiger partial charge in [0.25, 0.3) is 5.91 Å². The summed E-state index contributed by atoms with van der Waals surface area (Å²) < 4.78 is 0. The Balaban J connectivity index is 2.32. The first-order chi connectivity index (χ1) is 8.65. The zero-order valence-electron chi connectivity index (χ0n) is 10.6. The molecule has 0 aliphatic carbocycles. The molecule has 0 saturated heterocycles. The zero-order valence-corrected chi connectivity index (χ0v) is 11.4. The summed E-state index contributed by atoms with van der Waals surface area (Å²) in [5.41, 5.74) is 7.87. The molecular weight excluding hydrogens is 248 g/mol. The van der Waals surface area contributed by atoms with E-state index in [1.54, 1.807) is 30.0 Å². The molecule has 0 aromatic heterocycles. The van der Waals surface area contributed by atoms with Crippen LogP contribution >= 0.6 is 11.8 Å². The molecule has 0 aliphatic rings. The monoisotopic (exact) mass is 268 g/mol. The molecule has 18 heavy (non-hydrogen) atoms. The Hall–Kier alpha value is -1.20. The Morgan fingerprint density at radius 3 is 2.89 bits per heavy atom. The van der Waals surface area contributed by atoms with E-state index in [0.29, 0.717) is 17.8 Å². The molecule has 5 heteroatoms. The lowest BCUT2D eigenvalue weighted by Gasteiger charge is -2.08. The lowest BCUT2D eigenvalue weighted by molar-refractivity contribution is 0.0955. The summed E-state index contributed by atoms with van der Waals surface area (Å²) in [5.74, 6) is 1.72. The molecule has 0 heterocycles. The molecule has 0 bridgehead atoms. The summed E-state index contributed by atoms with van der Waals surface area (Å²) in [6.07, 6.45) is 0.801. The number of aryl methyl sites for hydroxylation is 1. The second-order valence-electron chi connectivity index (χ2n) is 4.02. The number of hydrogen-bond donors (Lipinski definition) is 3. The van der Waals surface area contributed by atoms with Crippen LogP contribution in [-0.2, 0) is 0 Å². The van der Waals surface area contributed by atoms with Gasteiger partial charge in [-0.25, -0.2) is 0 Å².